The van der Waals surface area contributed by atoms with Crippen LogP contribution in [0.25, 0.3) is 0 Å². The van der Waals surface area contributed by atoms with Crippen molar-refractivity contribution in [2.24, 2.45) is 0 Å². The van der Waals surface area contributed by atoms with Crippen molar-refractivity contribution in [3.05, 3.63) is 24.3 Å². The molecule has 0 saturated heterocycles. The fraction of sp³-hybridized carbons (Fsp3) is 0.467. The number of nitrogens with one attached hydrogen (secondary N) is 1. The number of ether oxygens (including phenoxy) is 1. The highest BCUT2D eigenvalue weighted by Gasteiger charge is 2.32. The van der Waals surface area contributed by atoms with Crippen LogP contribution < -0.4 is 15.0 Å². The summed E-state index contributed by atoms with van der Waals surface area (Å²) >= 11 is 0. The molecule has 1 N–H and O–H groups in total. The van der Waals surface area contributed by atoms with Gasteiger partial charge in [-0.15, -0.1) is 0 Å². The third-order valence-corrected chi connectivity index (χ3v) is 3.28. The molecule has 0 radical (unpaired) electrons. The number of hydrogen-bond donors (Lipinski definition) is 1. The largest absolute Gasteiger partial charge is 0.477 e. The number of anilines is 1. The zero-order valence-electron chi connectivity index (χ0n) is 11.9. The maximum Gasteiger partial charge on any atom is 0.262 e. The predicted molar refractivity (Wildman–Crippen MR) is 76.8 cm³/mol. The van der Waals surface area contributed by atoms with Gasteiger partial charge < -0.3 is 15.0 Å². The minimum Gasteiger partial charge on any atom is -0.477 e. The number of benzene rings is 1. The SMILES string of the molecule is CCCCNC(=O)C1CN(C(C)=O)c2ccccc2O1. The molecule has 2 amide bonds. The second-order valence-corrected chi connectivity index (χ2v) is 4.85. The first-order valence-corrected chi connectivity index (χ1v) is 6.95. The number of unbranched alkanes of at least 4 members (excludes halogenated alkanes) is 1. The molecule has 1 unspecified atom stereocenters. The molecule has 108 valence electrons. The van der Waals surface area contributed by atoms with Crippen LogP contribution in [0.5, 0.6) is 5.75 Å². The minimum absolute atomic E-state index is 0.0906. The van der Waals surface area contributed by atoms with Gasteiger partial charge in [-0.2, -0.15) is 0 Å². The average molecular weight is 276 g/mol. The van der Waals surface area contributed by atoms with Gasteiger partial charge in [0.05, 0.1) is 12.2 Å². The summed E-state index contributed by atoms with van der Waals surface area (Å²) in [4.78, 5) is 25.4. The predicted octanol–water partition coefficient (Wildman–Crippen LogP) is 1.72. The van der Waals surface area contributed by atoms with E-state index in [-0.39, 0.29) is 18.4 Å². The van der Waals surface area contributed by atoms with Gasteiger partial charge in [0.15, 0.2) is 6.10 Å². The normalized spacial score (nSPS) is 17.1. The fourth-order valence-electron chi connectivity index (χ4n) is 2.17. The summed E-state index contributed by atoms with van der Waals surface area (Å²) in [5, 5.41) is 2.84. The number of hydrogen-bond acceptors (Lipinski definition) is 3. The molecule has 1 aliphatic heterocycles. The monoisotopic (exact) mass is 276 g/mol. The number of para-hydroxylation sites is 2. The van der Waals surface area contributed by atoms with Crippen molar-refractivity contribution in [2.45, 2.75) is 32.8 Å². The molecule has 0 aliphatic carbocycles. The molecule has 0 saturated carbocycles. The van der Waals surface area contributed by atoms with Crippen LogP contribution in [0, 0.1) is 0 Å². The van der Waals surface area contributed by atoms with Crippen molar-refractivity contribution in [3.63, 3.8) is 0 Å². The number of amides is 2. The second kappa shape index (κ2) is 6.41. The third-order valence-electron chi connectivity index (χ3n) is 3.28. The molecular weight excluding hydrogens is 256 g/mol. The lowest BCUT2D eigenvalue weighted by molar-refractivity contribution is -0.128. The van der Waals surface area contributed by atoms with Crippen molar-refractivity contribution in [1.29, 1.82) is 0 Å². The van der Waals surface area contributed by atoms with E-state index in [9.17, 15) is 9.59 Å². The summed E-state index contributed by atoms with van der Waals surface area (Å²) in [5.74, 6) is 0.316. The van der Waals surface area contributed by atoms with Gasteiger partial charge in [0.2, 0.25) is 5.91 Å². The van der Waals surface area contributed by atoms with Gasteiger partial charge in [-0.3, -0.25) is 9.59 Å². The van der Waals surface area contributed by atoms with E-state index in [0.29, 0.717) is 12.3 Å². The Bertz CT molecular complexity index is 502. The van der Waals surface area contributed by atoms with Gasteiger partial charge in [0.25, 0.3) is 5.91 Å². The third kappa shape index (κ3) is 3.10. The molecule has 1 atom stereocenters. The van der Waals surface area contributed by atoms with Crippen molar-refractivity contribution in [2.75, 3.05) is 18.0 Å². The standard InChI is InChI=1S/C15H20N2O3/c1-3-4-9-16-15(19)14-10-17(11(2)18)12-7-5-6-8-13(12)20-14/h5-8,14H,3-4,9-10H2,1-2H3,(H,16,19). The molecule has 1 aromatic rings. The lowest BCUT2D eigenvalue weighted by Gasteiger charge is -2.33. The Balaban J connectivity index is 2.12. The van der Waals surface area contributed by atoms with Crippen LogP contribution in [0.2, 0.25) is 0 Å². The number of carbonyl (C=O) groups is 2. The van der Waals surface area contributed by atoms with E-state index in [2.05, 4.69) is 12.2 Å². The summed E-state index contributed by atoms with van der Waals surface area (Å²) < 4.78 is 5.70. The Kier molecular flexibility index (Phi) is 4.61. The highest BCUT2D eigenvalue weighted by atomic mass is 16.5. The van der Waals surface area contributed by atoms with Gasteiger partial charge in [-0.05, 0) is 18.6 Å². The van der Waals surface area contributed by atoms with Gasteiger partial charge in [0.1, 0.15) is 5.75 Å². The van der Waals surface area contributed by atoms with E-state index in [1.54, 1.807) is 11.0 Å². The number of rotatable bonds is 4. The molecular formula is C15H20N2O3. The number of carbonyl (C=O) groups excluding carboxylic acids is 2. The Morgan fingerprint density at radius 1 is 1.40 bits per heavy atom. The highest BCUT2D eigenvalue weighted by molar-refractivity contribution is 5.95. The van der Waals surface area contributed by atoms with E-state index in [4.69, 9.17) is 4.74 Å². The molecule has 1 aliphatic rings. The summed E-state index contributed by atoms with van der Waals surface area (Å²) in [7, 11) is 0. The van der Waals surface area contributed by atoms with Crippen LogP contribution in [-0.2, 0) is 9.59 Å². The smallest absolute Gasteiger partial charge is 0.262 e. The van der Waals surface area contributed by atoms with Crippen LogP contribution >= 0.6 is 0 Å². The average Bonchev–Trinajstić information content (AvgIpc) is 2.46. The molecule has 2 rings (SSSR count). The van der Waals surface area contributed by atoms with E-state index in [1.165, 1.54) is 6.92 Å². The molecule has 1 aromatic carbocycles. The number of nitrogens with zero attached hydrogens (tertiary/aromatic N) is 1. The number of fused-ring (bicyclic) bond motifs is 1. The lowest BCUT2D eigenvalue weighted by Crippen LogP contribution is -2.50. The van der Waals surface area contributed by atoms with Gasteiger partial charge in [-0.25, -0.2) is 0 Å². The second-order valence-electron chi connectivity index (χ2n) is 4.85. The van der Waals surface area contributed by atoms with E-state index < -0.39 is 6.10 Å². The fourth-order valence-corrected chi connectivity index (χ4v) is 2.17. The molecule has 0 aromatic heterocycles. The van der Waals surface area contributed by atoms with Crippen LogP contribution in [-0.4, -0.2) is 31.0 Å². The first-order chi connectivity index (χ1) is 9.63. The summed E-state index contributed by atoms with van der Waals surface area (Å²) in [6.45, 7) is 4.45. The zero-order chi connectivity index (χ0) is 14.5. The van der Waals surface area contributed by atoms with Gasteiger partial charge in [-0.1, -0.05) is 25.5 Å². The summed E-state index contributed by atoms with van der Waals surface area (Å²) in [6, 6.07) is 7.27. The zero-order valence-corrected chi connectivity index (χ0v) is 11.9. The van der Waals surface area contributed by atoms with Crippen LogP contribution in [0.3, 0.4) is 0 Å². The summed E-state index contributed by atoms with van der Waals surface area (Å²) in [6.07, 6.45) is 1.31. The lowest BCUT2D eigenvalue weighted by atomic mass is 10.1. The summed E-state index contributed by atoms with van der Waals surface area (Å²) in [5.41, 5.74) is 0.720. The first-order valence-electron chi connectivity index (χ1n) is 6.95. The molecule has 0 spiro atoms. The van der Waals surface area contributed by atoms with Crippen LogP contribution in [0.4, 0.5) is 5.69 Å². The molecule has 0 fully saturated rings. The van der Waals surface area contributed by atoms with Crippen molar-refractivity contribution in [1.82, 2.24) is 5.32 Å². The van der Waals surface area contributed by atoms with Crippen molar-refractivity contribution >= 4 is 17.5 Å². The molecule has 0 bridgehead atoms. The Morgan fingerprint density at radius 2 is 2.15 bits per heavy atom. The Labute approximate surface area is 118 Å². The Hall–Kier alpha value is -2.04. The van der Waals surface area contributed by atoms with Gasteiger partial charge >= 0.3 is 0 Å². The first kappa shape index (κ1) is 14.4. The maximum atomic E-state index is 12.1. The van der Waals surface area contributed by atoms with E-state index >= 15 is 0 Å². The van der Waals surface area contributed by atoms with Crippen molar-refractivity contribution in [3.8, 4) is 5.75 Å². The van der Waals surface area contributed by atoms with Gasteiger partial charge in [0, 0.05) is 13.5 Å². The Morgan fingerprint density at radius 3 is 2.85 bits per heavy atom. The highest BCUT2D eigenvalue weighted by Crippen LogP contribution is 2.33. The van der Waals surface area contributed by atoms with Crippen molar-refractivity contribution < 1.29 is 14.3 Å². The molecule has 5 nitrogen and oxygen atoms in total. The molecule has 5 heteroatoms. The van der Waals surface area contributed by atoms with Crippen LogP contribution in [0.1, 0.15) is 26.7 Å². The quantitative estimate of drug-likeness (QED) is 0.852. The molecule has 1 heterocycles. The topological polar surface area (TPSA) is 58.6 Å². The molecule has 20 heavy (non-hydrogen) atoms. The minimum atomic E-state index is -0.648. The van der Waals surface area contributed by atoms with E-state index in [1.807, 2.05) is 18.2 Å². The van der Waals surface area contributed by atoms with E-state index in [0.717, 1.165) is 18.5 Å². The maximum absolute atomic E-state index is 12.1. The van der Waals surface area contributed by atoms with Crippen LogP contribution in [0.15, 0.2) is 24.3 Å².